The lowest BCUT2D eigenvalue weighted by atomic mass is 10.1. The lowest BCUT2D eigenvalue weighted by Gasteiger charge is -2.12. The standard InChI is InChI=1S/C13H14N4O4/c1-16(2)13(18)9-3-4-12(17(19)20)11(7-9)14-8-10-5-6-21-15-10/h3-7,14H,8H2,1-2H3. The first kappa shape index (κ1) is 14.5. The topological polar surface area (TPSA) is 102 Å². The highest BCUT2D eigenvalue weighted by Crippen LogP contribution is 2.26. The molecule has 0 aliphatic rings. The number of nitro benzene ring substituents is 1. The van der Waals surface area contributed by atoms with Crippen LogP contribution in [0.3, 0.4) is 0 Å². The van der Waals surface area contributed by atoms with Gasteiger partial charge in [0.2, 0.25) is 0 Å². The normalized spacial score (nSPS) is 10.2. The van der Waals surface area contributed by atoms with Crippen molar-refractivity contribution in [2.45, 2.75) is 6.54 Å². The summed E-state index contributed by atoms with van der Waals surface area (Å²) in [6.45, 7) is 0.261. The first-order chi connectivity index (χ1) is 9.99. The van der Waals surface area contributed by atoms with Crippen molar-refractivity contribution in [3.63, 3.8) is 0 Å². The van der Waals surface area contributed by atoms with Crippen molar-refractivity contribution in [3.8, 4) is 0 Å². The van der Waals surface area contributed by atoms with Crippen LogP contribution in [0, 0.1) is 10.1 Å². The van der Waals surface area contributed by atoms with E-state index in [-0.39, 0.29) is 23.8 Å². The minimum absolute atomic E-state index is 0.103. The SMILES string of the molecule is CN(C)C(=O)c1ccc([N+](=O)[O-])c(NCc2ccon2)c1. The van der Waals surface area contributed by atoms with Crippen molar-refractivity contribution in [2.24, 2.45) is 0 Å². The number of aromatic nitrogens is 1. The van der Waals surface area contributed by atoms with Gasteiger partial charge in [-0.1, -0.05) is 5.16 Å². The van der Waals surface area contributed by atoms with Crippen LogP contribution in [-0.2, 0) is 6.54 Å². The number of nitrogens with zero attached hydrogens (tertiary/aromatic N) is 3. The van der Waals surface area contributed by atoms with E-state index in [1.54, 1.807) is 20.2 Å². The molecule has 0 unspecified atom stereocenters. The Morgan fingerprint density at radius 1 is 1.43 bits per heavy atom. The van der Waals surface area contributed by atoms with Crippen LogP contribution in [0.4, 0.5) is 11.4 Å². The average molecular weight is 290 g/mol. The Hall–Kier alpha value is -2.90. The van der Waals surface area contributed by atoms with Gasteiger partial charge in [0.15, 0.2) is 0 Å². The zero-order valence-corrected chi connectivity index (χ0v) is 11.6. The number of amides is 1. The number of nitrogens with one attached hydrogen (secondary N) is 1. The van der Waals surface area contributed by atoms with Crippen LogP contribution in [0.25, 0.3) is 0 Å². The Balaban J connectivity index is 2.28. The maximum atomic E-state index is 11.9. The molecule has 21 heavy (non-hydrogen) atoms. The molecule has 1 amide bonds. The second kappa shape index (κ2) is 6.04. The van der Waals surface area contributed by atoms with Crippen LogP contribution in [0.2, 0.25) is 0 Å². The molecule has 0 aliphatic heterocycles. The number of hydrogen-bond donors (Lipinski definition) is 1. The summed E-state index contributed by atoms with van der Waals surface area (Å²) in [5, 5.41) is 17.6. The van der Waals surface area contributed by atoms with Gasteiger partial charge >= 0.3 is 0 Å². The largest absolute Gasteiger partial charge is 0.374 e. The van der Waals surface area contributed by atoms with E-state index in [0.717, 1.165) is 0 Å². The summed E-state index contributed by atoms with van der Waals surface area (Å²) in [7, 11) is 3.23. The maximum Gasteiger partial charge on any atom is 0.292 e. The predicted molar refractivity (Wildman–Crippen MR) is 74.9 cm³/mol. The van der Waals surface area contributed by atoms with Crippen molar-refractivity contribution in [1.82, 2.24) is 10.1 Å². The summed E-state index contributed by atoms with van der Waals surface area (Å²) in [4.78, 5) is 23.8. The van der Waals surface area contributed by atoms with Crippen LogP contribution >= 0.6 is 0 Å². The van der Waals surface area contributed by atoms with Crippen molar-refractivity contribution in [1.29, 1.82) is 0 Å². The summed E-state index contributed by atoms with van der Waals surface area (Å²) in [5.74, 6) is -0.227. The minimum atomic E-state index is -0.505. The van der Waals surface area contributed by atoms with E-state index < -0.39 is 4.92 Å². The molecule has 2 rings (SSSR count). The van der Waals surface area contributed by atoms with E-state index >= 15 is 0 Å². The highest BCUT2D eigenvalue weighted by atomic mass is 16.6. The van der Waals surface area contributed by atoms with E-state index in [0.29, 0.717) is 11.3 Å². The van der Waals surface area contributed by atoms with Gasteiger partial charge in [-0.2, -0.15) is 0 Å². The highest BCUT2D eigenvalue weighted by Gasteiger charge is 2.17. The third-order valence-corrected chi connectivity index (χ3v) is 2.80. The molecule has 110 valence electrons. The van der Waals surface area contributed by atoms with Gasteiger partial charge in [-0.3, -0.25) is 14.9 Å². The molecular formula is C13H14N4O4. The Morgan fingerprint density at radius 2 is 2.19 bits per heavy atom. The van der Waals surface area contributed by atoms with Gasteiger partial charge in [0, 0.05) is 31.8 Å². The average Bonchev–Trinajstić information content (AvgIpc) is 2.97. The molecule has 0 bridgehead atoms. The number of rotatable bonds is 5. The van der Waals surface area contributed by atoms with Crippen molar-refractivity contribution >= 4 is 17.3 Å². The Labute approximate surface area is 120 Å². The summed E-state index contributed by atoms with van der Waals surface area (Å²) in [6.07, 6.45) is 1.41. The first-order valence-electron chi connectivity index (χ1n) is 6.12. The molecule has 0 atom stereocenters. The molecule has 0 aliphatic carbocycles. The fourth-order valence-electron chi connectivity index (χ4n) is 1.74. The van der Waals surface area contributed by atoms with E-state index in [1.165, 1.54) is 29.4 Å². The van der Waals surface area contributed by atoms with E-state index in [4.69, 9.17) is 0 Å². The van der Waals surface area contributed by atoms with Gasteiger partial charge in [-0.05, 0) is 12.1 Å². The summed E-state index contributed by atoms with van der Waals surface area (Å²) < 4.78 is 4.69. The van der Waals surface area contributed by atoms with Crippen molar-refractivity contribution in [3.05, 3.63) is 51.9 Å². The molecule has 1 heterocycles. The molecule has 0 fully saturated rings. The second-order valence-corrected chi connectivity index (χ2v) is 4.53. The van der Waals surface area contributed by atoms with Gasteiger partial charge in [-0.25, -0.2) is 0 Å². The van der Waals surface area contributed by atoms with Gasteiger partial charge in [0.1, 0.15) is 17.6 Å². The Bertz CT molecular complexity index is 652. The third-order valence-electron chi connectivity index (χ3n) is 2.80. The molecule has 1 aromatic heterocycles. The molecule has 8 heteroatoms. The third kappa shape index (κ3) is 3.35. The van der Waals surface area contributed by atoms with Crippen molar-refractivity contribution < 1.29 is 14.2 Å². The number of carbonyl (C=O) groups is 1. The molecule has 1 N–H and O–H groups in total. The number of nitro groups is 1. The van der Waals surface area contributed by atoms with Crippen LogP contribution in [0.15, 0.2) is 35.1 Å². The lowest BCUT2D eigenvalue weighted by molar-refractivity contribution is -0.384. The number of hydrogen-bond acceptors (Lipinski definition) is 6. The molecule has 0 spiro atoms. The number of anilines is 1. The highest BCUT2D eigenvalue weighted by molar-refractivity contribution is 5.95. The lowest BCUT2D eigenvalue weighted by Crippen LogP contribution is -2.21. The zero-order valence-electron chi connectivity index (χ0n) is 11.6. The molecule has 8 nitrogen and oxygen atoms in total. The zero-order chi connectivity index (χ0) is 15.4. The number of carbonyl (C=O) groups excluding carboxylic acids is 1. The molecule has 0 saturated heterocycles. The summed E-state index contributed by atoms with van der Waals surface area (Å²) >= 11 is 0. The maximum absolute atomic E-state index is 11.9. The molecule has 1 aromatic carbocycles. The van der Waals surface area contributed by atoms with Crippen LogP contribution < -0.4 is 5.32 Å². The van der Waals surface area contributed by atoms with E-state index in [9.17, 15) is 14.9 Å². The minimum Gasteiger partial charge on any atom is -0.374 e. The van der Waals surface area contributed by atoms with E-state index in [1.807, 2.05) is 0 Å². The van der Waals surface area contributed by atoms with E-state index in [2.05, 4.69) is 15.0 Å². The summed E-state index contributed by atoms with van der Waals surface area (Å²) in [6, 6.07) is 5.85. The smallest absolute Gasteiger partial charge is 0.292 e. The Kier molecular flexibility index (Phi) is 4.17. The number of benzene rings is 1. The van der Waals surface area contributed by atoms with Crippen LogP contribution in [-0.4, -0.2) is 35.0 Å². The summed E-state index contributed by atoms with van der Waals surface area (Å²) in [5.41, 5.74) is 1.13. The van der Waals surface area contributed by atoms with Gasteiger partial charge in [-0.15, -0.1) is 0 Å². The Morgan fingerprint density at radius 3 is 2.76 bits per heavy atom. The quantitative estimate of drug-likeness (QED) is 0.666. The fraction of sp³-hybridized carbons (Fsp3) is 0.231. The van der Waals surface area contributed by atoms with Gasteiger partial charge in [0.25, 0.3) is 11.6 Å². The van der Waals surface area contributed by atoms with Crippen molar-refractivity contribution in [2.75, 3.05) is 19.4 Å². The molecule has 2 aromatic rings. The van der Waals surface area contributed by atoms with Gasteiger partial charge < -0.3 is 14.7 Å². The van der Waals surface area contributed by atoms with Gasteiger partial charge in [0.05, 0.1) is 11.5 Å². The van der Waals surface area contributed by atoms with Crippen LogP contribution in [0.5, 0.6) is 0 Å². The molecule has 0 saturated carbocycles. The monoisotopic (exact) mass is 290 g/mol. The fourth-order valence-corrected chi connectivity index (χ4v) is 1.74. The first-order valence-corrected chi connectivity index (χ1v) is 6.12. The molecular weight excluding hydrogens is 276 g/mol. The second-order valence-electron chi connectivity index (χ2n) is 4.53. The predicted octanol–water partition coefficient (Wildman–Crippen LogP) is 1.90. The van der Waals surface area contributed by atoms with Crippen LogP contribution in [0.1, 0.15) is 16.1 Å². The molecule has 0 radical (unpaired) electrons.